The Labute approximate surface area is 191 Å². The number of fused-ring (bicyclic) bond motifs is 3. The molecule has 2 aliphatic heterocycles. The number of benzene rings is 2. The lowest BCUT2D eigenvalue weighted by Gasteiger charge is -2.49. The van der Waals surface area contributed by atoms with E-state index in [0.717, 1.165) is 23.2 Å². The van der Waals surface area contributed by atoms with Gasteiger partial charge in [-0.15, -0.1) is 0 Å². The van der Waals surface area contributed by atoms with Crippen LogP contribution < -0.4 is 19.9 Å². The topological polar surface area (TPSA) is 54.0 Å². The van der Waals surface area contributed by atoms with Crippen LogP contribution in [0.5, 0.6) is 5.75 Å². The number of carbonyl (C=O) groups is 1. The Morgan fingerprint density at radius 2 is 1.88 bits per heavy atom. The number of anilines is 2. The second kappa shape index (κ2) is 9.51. The first-order valence-corrected chi connectivity index (χ1v) is 10.9. The molecule has 178 valence electrons. The SMILES string of the molecule is COCCNC(=O)[C@@H]1Cc2cc(C(F)(F)F)ccc2N2CCN(c3ccc(OC)cc3)C[C@@H]12. The summed E-state index contributed by atoms with van der Waals surface area (Å²) in [6.45, 7) is 2.63. The lowest BCUT2D eigenvalue weighted by molar-refractivity contribution is -0.137. The van der Waals surface area contributed by atoms with Crippen molar-refractivity contribution in [1.29, 1.82) is 0 Å². The number of methoxy groups -OCH3 is 2. The Morgan fingerprint density at radius 3 is 2.55 bits per heavy atom. The highest BCUT2D eigenvalue weighted by molar-refractivity contribution is 5.82. The van der Waals surface area contributed by atoms with Crippen molar-refractivity contribution in [2.24, 2.45) is 5.92 Å². The largest absolute Gasteiger partial charge is 0.497 e. The van der Waals surface area contributed by atoms with Gasteiger partial charge in [0.15, 0.2) is 0 Å². The summed E-state index contributed by atoms with van der Waals surface area (Å²) in [5.41, 5.74) is 1.68. The van der Waals surface area contributed by atoms with Gasteiger partial charge >= 0.3 is 6.18 Å². The molecule has 2 atom stereocenters. The summed E-state index contributed by atoms with van der Waals surface area (Å²) in [6, 6.07) is 11.5. The summed E-state index contributed by atoms with van der Waals surface area (Å²) in [4.78, 5) is 17.4. The lowest BCUT2D eigenvalue weighted by Crippen LogP contribution is -2.61. The molecule has 0 aromatic heterocycles. The molecule has 1 N–H and O–H groups in total. The molecule has 2 aliphatic rings. The molecule has 9 heteroatoms. The summed E-state index contributed by atoms with van der Waals surface area (Å²) in [5, 5.41) is 2.88. The number of carbonyl (C=O) groups excluding carboxylic acids is 1. The van der Waals surface area contributed by atoms with Crippen molar-refractivity contribution < 1.29 is 27.4 Å². The fourth-order valence-corrected chi connectivity index (χ4v) is 4.73. The highest BCUT2D eigenvalue weighted by Gasteiger charge is 2.42. The number of ether oxygens (including phenoxy) is 2. The predicted molar refractivity (Wildman–Crippen MR) is 120 cm³/mol. The minimum atomic E-state index is -4.42. The van der Waals surface area contributed by atoms with Gasteiger partial charge in [0.1, 0.15) is 5.75 Å². The van der Waals surface area contributed by atoms with E-state index in [-0.39, 0.29) is 18.4 Å². The van der Waals surface area contributed by atoms with E-state index in [1.54, 1.807) is 20.3 Å². The molecule has 0 unspecified atom stereocenters. The monoisotopic (exact) mass is 463 g/mol. The molecule has 0 aliphatic carbocycles. The second-order valence-electron chi connectivity index (χ2n) is 8.34. The zero-order valence-corrected chi connectivity index (χ0v) is 18.7. The van der Waals surface area contributed by atoms with Gasteiger partial charge in [-0.1, -0.05) is 0 Å². The minimum Gasteiger partial charge on any atom is -0.497 e. The molecule has 1 fully saturated rings. The number of halogens is 3. The van der Waals surface area contributed by atoms with Gasteiger partial charge in [-0.25, -0.2) is 0 Å². The van der Waals surface area contributed by atoms with E-state index in [1.807, 2.05) is 24.3 Å². The molecule has 33 heavy (non-hydrogen) atoms. The maximum Gasteiger partial charge on any atom is 0.416 e. The second-order valence-corrected chi connectivity index (χ2v) is 8.34. The summed E-state index contributed by atoms with van der Waals surface area (Å²) in [6.07, 6.45) is -4.16. The average Bonchev–Trinajstić information content (AvgIpc) is 2.82. The molecule has 4 rings (SSSR count). The van der Waals surface area contributed by atoms with E-state index < -0.39 is 17.7 Å². The van der Waals surface area contributed by atoms with Gasteiger partial charge in [-0.2, -0.15) is 13.2 Å². The van der Waals surface area contributed by atoms with Gasteiger partial charge in [-0.3, -0.25) is 4.79 Å². The first-order chi connectivity index (χ1) is 15.8. The van der Waals surface area contributed by atoms with Gasteiger partial charge in [0.25, 0.3) is 0 Å². The zero-order chi connectivity index (χ0) is 23.6. The lowest BCUT2D eigenvalue weighted by atomic mass is 9.82. The van der Waals surface area contributed by atoms with Gasteiger partial charge in [0.05, 0.1) is 31.2 Å². The van der Waals surface area contributed by atoms with Crippen LogP contribution in [0.1, 0.15) is 11.1 Å². The Balaban J connectivity index is 1.63. The first kappa shape index (κ1) is 23.2. The van der Waals surface area contributed by atoms with Crippen LogP contribution in [0.3, 0.4) is 0 Å². The number of amides is 1. The van der Waals surface area contributed by atoms with Crippen LogP contribution in [0.15, 0.2) is 42.5 Å². The summed E-state index contributed by atoms with van der Waals surface area (Å²) in [5.74, 6) is 0.125. The first-order valence-electron chi connectivity index (χ1n) is 10.9. The minimum absolute atomic E-state index is 0.160. The quantitative estimate of drug-likeness (QED) is 0.666. The smallest absolute Gasteiger partial charge is 0.416 e. The maximum absolute atomic E-state index is 13.3. The molecule has 0 saturated carbocycles. The fourth-order valence-electron chi connectivity index (χ4n) is 4.73. The molecule has 2 heterocycles. The van der Waals surface area contributed by atoms with Crippen molar-refractivity contribution in [2.45, 2.75) is 18.6 Å². The van der Waals surface area contributed by atoms with E-state index >= 15 is 0 Å². The third-order valence-corrected chi connectivity index (χ3v) is 6.42. The van der Waals surface area contributed by atoms with E-state index in [2.05, 4.69) is 15.1 Å². The van der Waals surface area contributed by atoms with Gasteiger partial charge in [0, 0.05) is 44.7 Å². The van der Waals surface area contributed by atoms with Crippen LogP contribution in [-0.2, 0) is 22.1 Å². The van der Waals surface area contributed by atoms with E-state index in [1.165, 1.54) is 6.07 Å². The number of hydrogen-bond acceptors (Lipinski definition) is 5. The predicted octanol–water partition coefficient (Wildman–Crippen LogP) is 3.34. The molecular formula is C24H28F3N3O3. The zero-order valence-electron chi connectivity index (χ0n) is 18.7. The Hall–Kier alpha value is -2.94. The van der Waals surface area contributed by atoms with Crippen LogP contribution >= 0.6 is 0 Å². The van der Waals surface area contributed by atoms with Crippen LogP contribution in [0.2, 0.25) is 0 Å². The fraction of sp³-hybridized carbons (Fsp3) is 0.458. The number of hydrogen-bond donors (Lipinski definition) is 1. The van der Waals surface area contributed by atoms with E-state index in [0.29, 0.717) is 38.3 Å². The number of alkyl halides is 3. The van der Waals surface area contributed by atoms with Gasteiger partial charge < -0.3 is 24.6 Å². The summed E-state index contributed by atoms with van der Waals surface area (Å²) < 4.78 is 50.2. The van der Waals surface area contributed by atoms with Crippen LogP contribution in [0.4, 0.5) is 24.5 Å². The highest BCUT2D eigenvalue weighted by atomic mass is 19.4. The molecule has 0 spiro atoms. The van der Waals surface area contributed by atoms with Crippen LogP contribution in [0.25, 0.3) is 0 Å². The van der Waals surface area contributed by atoms with Gasteiger partial charge in [0.2, 0.25) is 5.91 Å². The normalized spacial score (nSPS) is 20.2. The molecule has 6 nitrogen and oxygen atoms in total. The van der Waals surface area contributed by atoms with Crippen molar-refractivity contribution in [3.63, 3.8) is 0 Å². The molecule has 1 amide bonds. The molecule has 0 bridgehead atoms. The number of rotatable bonds is 6. The maximum atomic E-state index is 13.3. The molecule has 0 radical (unpaired) electrons. The van der Waals surface area contributed by atoms with Crippen molar-refractivity contribution in [2.75, 3.05) is 56.8 Å². The van der Waals surface area contributed by atoms with Crippen LogP contribution in [0, 0.1) is 5.92 Å². The Bertz CT molecular complexity index is 981. The third-order valence-electron chi connectivity index (χ3n) is 6.42. The Kier molecular flexibility index (Phi) is 6.69. The number of piperazine rings is 1. The van der Waals surface area contributed by atoms with Crippen molar-refractivity contribution in [1.82, 2.24) is 5.32 Å². The number of nitrogens with one attached hydrogen (secondary N) is 1. The van der Waals surface area contributed by atoms with Gasteiger partial charge in [-0.05, 0) is 54.4 Å². The highest BCUT2D eigenvalue weighted by Crippen LogP contribution is 2.40. The third kappa shape index (κ3) is 4.88. The molecule has 2 aromatic carbocycles. The number of nitrogens with zero attached hydrogens (tertiary/aromatic N) is 2. The van der Waals surface area contributed by atoms with E-state index in [9.17, 15) is 18.0 Å². The summed E-state index contributed by atoms with van der Waals surface area (Å²) in [7, 11) is 3.17. The summed E-state index contributed by atoms with van der Waals surface area (Å²) >= 11 is 0. The molecule has 1 saturated heterocycles. The van der Waals surface area contributed by atoms with Crippen molar-refractivity contribution >= 4 is 17.3 Å². The Morgan fingerprint density at radius 1 is 1.12 bits per heavy atom. The average molecular weight is 464 g/mol. The van der Waals surface area contributed by atoms with Crippen molar-refractivity contribution in [3.8, 4) is 5.75 Å². The van der Waals surface area contributed by atoms with Crippen LogP contribution in [-0.4, -0.2) is 59.0 Å². The van der Waals surface area contributed by atoms with E-state index in [4.69, 9.17) is 9.47 Å². The molecule has 2 aromatic rings. The standard InChI is InChI=1S/C24H28F3N3O3/c1-32-12-9-28-23(31)20-14-16-13-17(24(25,26)27)3-8-21(16)30-11-10-29(15-22(20)30)18-4-6-19(33-2)7-5-18/h3-8,13,20,22H,9-12,14-15H2,1-2H3,(H,28,31)/t20-,22+/m1/s1. The molecular weight excluding hydrogens is 435 g/mol. The van der Waals surface area contributed by atoms with Crippen molar-refractivity contribution in [3.05, 3.63) is 53.6 Å².